The maximum Gasteiger partial charge on any atom is 0.0928 e. The van der Waals surface area contributed by atoms with E-state index in [-0.39, 0.29) is 12.8 Å². The van der Waals surface area contributed by atoms with E-state index in [2.05, 4.69) is 6.08 Å². The summed E-state index contributed by atoms with van der Waals surface area (Å²) in [5, 5.41) is 9.55. The first-order valence-electron chi connectivity index (χ1n) is 7.70. The number of halogens is 1. The Bertz CT molecular complexity index is 248. The summed E-state index contributed by atoms with van der Waals surface area (Å²) in [5.74, 6) is 2.45. The van der Waals surface area contributed by atoms with Gasteiger partial charge in [-0.1, -0.05) is 12.2 Å². The molecule has 0 bridgehead atoms. The minimum Gasteiger partial charge on any atom is -0.393 e. The molecule has 0 radical (unpaired) electrons. The molecule has 2 aliphatic carbocycles. The van der Waals surface area contributed by atoms with Crippen molar-refractivity contribution in [3.63, 3.8) is 0 Å². The number of hydrogen-bond donors (Lipinski definition) is 1. The van der Waals surface area contributed by atoms with Crippen LogP contribution in [0.2, 0.25) is 0 Å². The number of allylic oxidation sites excluding steroid dienone is 2. The number of rotatable bonds is 4. The fourth-order valence-corrected chi connectivity index (χ4v) is 3.73. The summed E-state index contributed by atoms with van der Waals surface area (Å²) >= 11 is 0. The van der Waals surface area contributed by atoms with Gasteiger partial charge in [-0.3, -0.25) is 4.39 Å². The largest absolute Gasteiger partial charge is 0.393 e. The average Bonchev–Trinajstić information content (AvgIpc) is 2.41. The molecule has 0 aromatic rings. The van der Waals surface area contributed by atoms with Crippen LogP contribution in [0, 0.1) is 17.8 Å². The molecule has 0 spiro atoms. The Morgan fingerprint density at radius 1 is 0.889 bits per heavy atom. The maximum atomic E-state index is 12.0. The normalized spacial score (nSPS) is 38.1. The highest BCUT2D eigenvalue weighted by atomic mass is 19.1. The molecule has 0 aliphatic heterocycles. The van der Waals surface area contributed by atoms with Crippen molar-refractivity contribution in [2.45, 2.75) is 63.9 Å². The van der Waals surface area contributed by atoms with Crippen molar-refractivity contribution in [3.05, 3.63) is 12.2 Å². The molecule has 2 heteroatoms. The summed E-state index contributed by atoms with van der Waals surface area (Å²) < 4.78 is 12.0. The summed E-state index contributed by atoms with van der Waals surface area (Å²) in [4.78, 5) is 0. The monoisotopic (exact) mass is 254 g/mol. The molecular weight excluding hydrogens is 227 g/mol. The Morgan fingerprint density at radius 3 is 2.00 bits per heavy atom. The van der Waals surface area contributed by atoms with Gasteiger partial charge in [-0.25, -0.2) is 0 Å². The average molecular weight is 254 g/mol. The summed E-state index contributed by atoms with van der Waals surface area (Å²) in [6.45, 7) is -0.226. The van der Waals surface area contributed by atoms with E-state index in [1.165, 1.54) is 38.5 Å². The molecule has 18 heavy (non-hydrogen) atoms. The molecule has 0 aromatic heterocycles. The van der Waals surface area contributed by atoms with Crippen LogP contribution in [0.25, 0.3) is 0 Å². The lowest BCUT2D eigenvalue weighted by atomic mass is 9.70. The van der Waals surface area contributed by atoms with Gasteiger partial charge < -0.3 is 5.11 Å². The van der Waals surface area contributed by atoms with Gasteiger partial charge in [0.25, 0.3) is 0 Å². The van der Waals surface area contributed by atoms with E-state index in [1.807, 2.05) is 6.08 Å². The van der Waals surface area contributed by atoms with Gasteiger partial charge in [0.2, 0.25) is 0 Å². The zero-order valence-corrected chi connectivity index (χ0v) is 11.4. The van der Waals surface area contributed by atoms with Crippen LogP contribution in [0.3, 0.4) is 0 Å². The third-order valence-corrected chi connectivity index (χ3v) is 4.91. The molecule has 1 nitrogen and oxygen atoms in total. The van der Waals surface area contributed by atoms with Crippen molar-refractivity contribution >= 4 is 0 Å². The smallest absolute Gasteiger partial charge is 0.0928 e. The fourth-order valence-electron chi connectivity index (χ4n) is 3.73. The number of hydrogen-bond acceptors (Lipinski definition) is 1. The minimum absolute atomic E-state index is 0.0266. The van der Waals surface area contributed by atoms with E-state index in [1.54, 1.807) is 0 Å². The lowest BCUT2D eigenvalue weighted by Crippen LogP contribution is -2.27. The number of aliphatic hydroxyl groups excluding tert-OH is 1. The summed E-state index contributed by atoms with van der Waals surface area (Å²) in [5.41, 5.74) is 0. The second kappa shape index (κ2) is 7.28. The molecule has 2 rings (SSSR count). The third-order valence-electron chi connectivity index (χ3n) is 4.91. The van der Waals surface area contributed by atoms with Gasteiger partial charge in [0.1, 0.15) is 0 Å². The predicted molar refractivity (Wildman–Crippen MR) is 73.1 cm³/mol. The molecule has 2 saturated carbocycles. The molecule has 0 atom stereocenters. The van der Waals surface area contributed by atoms with Crippen LogP contribution >= 0.6 is 0 Å². The Kier molecular flexibility index (Phi) is 5.68. The van der Waals surface area contributed by atoms with Crippen molar-refractivity contribution in [2.24, 2.45) is 17.8 Å². The van der Waals surface area contributed by atoms with Crippen LogP contribution in [0.1, 0.15) is 57.8 Å². The first-order valence-corrected chi connectivity index (χ1v) is 7.70. The van der Waals surface area contributed by atoms with Gasteiger partial charge in [-0.2, -0.15) is 0 Å². The highest BCUT2D eigenvalue weighted by molar-refractivity contribution is 4.92. The van der Waals surface area contributed by atoms with E-state index in [9.17, 15) is 9.50 Å². The predicted octanol–water partition coefficient (Wildman–Crippen LogP) is 4.26. The summed E-state index contributed by atoms with van der Waals surface area (Å²) in [6.07, 6.45) is 14.5. The van der Waals surface area contributed by atoms with Crippen LogP contribution in [0.5, 0.6) is 0 Å². The summed E-state index contributed by atoms with van der Waals surface area (Å²) in [6, 6.07) is 0. The molecule has 0 aromatic carbocycles. The Morgan fingerprint density at radius 2 is 1.44 bits per heavy atom. The van der Waals surface area contributed by atoms with Crippen molar-refractivity contribution in [1.82, 2.24) is 0 Å². The Hall–Kier alpha value is -0.370. The zero-order valence-electron chi connectivity index (χ0n) is 11.4. The molecule has 0 unspecified atom stereocenters. The molecule has 0 amide bonds. The van der Waals surface area contributed by atoms with E-state index in [0.717, 1.165) is 24.7 Å². The van der Waals surface area contributed by atoms with Crippen molar-refractivity contribution in [3.8, 4) is 0 Å². The first kappa shape index (κ1) is 14.0. The van der Waals surface area contributed by atoms with Crippen LogP contribution in [-0.4, -0.2) is 17.9 Å². The standard InChI is InChI=1S/C16H27FO/c17-12-2-1-3-13-4-6-14(7-5-13)15-8-10-16(18)11-9-15/h1,3,13-16,18H,2,4-12H2. The molecule has 2 fully saturated rings. The van der Waals surface area contributed by atoms with E-state index >= 15 is 0 Å². The molecular formula is C16H27FO. The number of alkyl halides is 1. The number of aliphatic hydroxyl groups is 1. The van der Waals surface area contributed by atoms with E-state index in [4.69, 9.17) is 0 Å². The van der Waals surface area contributed by atoms with Gasteiger partial charge in [0, 0.05) is 0 Å². The van der Waals surface area contributed by atoms with Crippen LogP contribution in [0.15, 0.2) is 12.2 Å². The fraction of sp³-hybridized carbons (Fsp3) is 0.875. The Labute approximate surface area is 110 Å². The maximum absolute atomic E-state index is 12.0. The lowest BCUT2D eigenvalue weighted by molar-refractivity contribution is 0.0793. The van der Waals surface area contributed by atoms with Gasteiger partial charge in [-0.15, -0.1) is 0 Å². The molecule has 0 saturated heterocycles. The second-order valence-electron chi connectivity index (χ2n) is 6.15. The van der Waals surface area contributed by atoms with Gasteiger partial charge >= 0.3 is 0 Å². The molecule has 104 valence electrons. The summed E-state index contributed by atoms with van der Waals surface area (Å²) in [7, 11) is 0. The topological polar surface area (TPSA) is 20.2 Å². The second-order valence-corrected chi connectivity index (χ2v) is 6.15. The zero-order chi connectivity index (χ0) is 12.8. The van der Waals surface area contributed by atoms with Crippen LogP contribution < -0.4 is 0 Å². The van der Waals surface area contributed by atoms with E-state index < -0.39 is 0 Å². The molecule has 2 aliphatic rings. The van der Waals surface area contributed by atoms with Gasteiger partial charge in [0.05, 0.1) is 12.8 Å². The SMILES string of the molecule is OC1CCC(C2CCC(C=CCCF)CC2)CC1. The first-order chi connectivity index (χ1) is 8.79. The van der Waals surface area contributed by atoms with Crippen molar-refractivity contribution in [1.29, 1.82) is 0 Å². The van der Waals surface area contributed by atoms with Gasteiger partial charge in [0.15, 0.2) is 0 Å². The quantitative estimate of drug-likeness (QED) is 0.743. The highest BCUT2D eigenvalue weighted by Crippen LogP contribution is 2.40. The third kappa shape index (κ3) is 4.08. The van der Waals surface area contributed by atoms with Gasteiger partial charge in [-0.05, 0) is 75.5 Å². The van der Waals surface area contributed by atoms with Crippen LogP contribution in [-0.2, 0) is 0 Å². The van der Waals surface area contributed by atoms with E-state index in [0.29, 0.717) is 12.3 Å². The van der Waals surface area contributed by atoms with Crippen molar-refractivity contribution < 1.29 is 9.50 Å². The van der Waals surface area contributed by atoms with Crippen molar-refractivity contribution in [2.75, 3.05) is 6.67 Å². The lowest BCUT2D eigenvalue weighted by Gasteiger charge is -2.36. The molecule has 1 N–H and O–H groups in total. The van der Waals surface area contributed by atoms with Crippen LogP contribution in [0.4, 0.5) is 4.39 Å². The Balaban J connectivity index is 1.70. The molecule has 0 heterocycles. The minimum atomic E-state index is -0.226. The highest BCUT2D eigenvalue weighted by Gasteiger charge is 2.29.